The Bertz CT molecular complexity index is 1470. The molecule has 0 fully saturated rings. The number of pyridine rings is 2. The van der Waals surface area contributed by atoms with Gasteiger partial charge < -0.3 is 19.6 Å². The molecule has 0 aliphatic rings. The van der Waals surface area contributed by atoms with Crippen molar-refractivity contribution in [2.75, 3.05) is 13.7 Å². The summed E-state index contributed by atoms with van der Waals surface area (Å²) in [4.78, 5) is 25.7. The van der Waals surface area contributed by atoms with Gasteiger partial charge in [-0.2, -0.15) is 4.73 Å². The van der Waals surface area contributed by atoms with E-state index in [-0.39, 0.29) is 16.9 Å². The minimum absolute atomic E-state index is 0.0439. The van der Waals surface area contributed by atoms with Crippen LogP contribution in [0.25, 0.3) is 11.3 Å². The topological polar surface area (TPSA) is 115 Å². The van der Waals surface area contributed by atoms with Crippen molar-refractivity contribution in [2.45, 2.75) is 6.04 Å². The molecule has 0 spiro atoms. The van der Waals surface area contributed by atoms with Gasteiger partial charge in [0, 0.05) is 36.3 Å². The molecule has 3 heterocycles. The zero-order valence-electron chi connectivity index (χ0n) is 17.8. The molecular formula is C23H19ClFN5O4. The summed E-state index contributed by atoms with van der Waals surface area (Å²) in [7, 11) is 1.41. The Morgan fingerprint density at radius 3 is 2.71 bits per heavy atom. The molecule has 1 atom stereocenters. The van der Waals surface area contributed by atoms with Crippen molar-refractivity contribution in [2.24, 2.45) is 4.99 Å². The van der Waals surface area contributed by atoms with Gasteiger partial charge >= 0.3 is 0 Å². The fourth-order valence-corrected chi connectivity index (χ4v) is 3.46. The van der Waals surface area contributed by atoms with Gasteiger partial charge in [-0.1, -0.05) is 17.7 Å². The van der Waals surface area contributed by atoms with Crippen LogP contribution in [0.4, 0.5) is 10.3 Å². The second-order valence-electron chi connectivity index (χ2n) is 7.16. The fourth-order valence-electron chi connectivity index (χ4n) is 3.34. The molecule has 0 amide bonds. The Morgan fingerprint density at radius 2 is 2.00 bits per heavy atom. The van der Waals surface area contributed by atoms with Crippen molar-refractivity contribution < 1.29 is 19.4 Å². The average molecular weight is 484 g/mol. The summed E-state index contributed by atoms with van der Waals surface area (Å²) in [5.41, 5.74) is 0.961. The minimum Gasteiger partial charge on any atom is -0.480 e. The summed E-state index contributed by atoms with van der Waals surface area (Å²) in [5, 5.41) is 19.9. The Morgan fingerprint density at radius 1 is 1.18 bits per heavy atom. The monoisotopic (exact) mass is 483 g/mol. The smallest absolute Gasteiger partial charge is 0.251 e. The third-order valence-electron chi connectivity index (χ3n) is 5.05. The van der Waals surface area contributed by atoms with E-state index in [4.69, 9.17) is 16.3 Å². The number of hydrogen-bond acceptors (Lipinski definition) is 7. The fraction of sp³-hybridized carbons (Fsp3) is 0.130. The van der Waals surface area contributed by atoms with E-state index >= 15 is 0 Å². The molecular weight excluding hydrogens is 465 g/mol. The number of hydrogen-bond donors (Lipinski definition) is 2. The van der Waals surface area contributed by atoms with Crippen molar-refractivity contribution in [3.63, 3.8) is 0 Å². The molecule has 1 aromatic carbocycles. The average Bonchev–Trinajstić information content (AvgIpc) is 2.84. The van der Waals surface area contributed by atoms with Crippen LogP contribution >= 0.6 is 11.6 Å². The lowest BCUT2D eigenvalue weighted by atomic mass is 10.1. The predicted octanol–water partition coefficient (Wildman–Crippen LogP) is 2.96. The predicted molar refractivity (Wildman–Crippen MR) is 122 cm³/mol. The molecule has 4 aromatic rings. The van der Waals surface area contributed by atoms with Crippen LogP contribution in [0.5, 0.6) is 5.88 Å². The summed E-state index contributed by atoms with van der Waals surface area (Å²) in [6, 6.07) is 11.0. The van der Waals surface area contributed by atoms with Crippen LogP contribution in [-0.4, -0.2) is 43.3 Å². The number of nitrogens with zero attached hydrogens (tertiary/aromatic N) is 5. The zero-order chi connectivity index (χ0) is 24.2. The van der Waals surface area contributed by atoms with Gasteiger partial charge in [0.25, 0.3) is 5.56 Å². The van der Waals surface area contributed by atoms with Gasteiger partial charge in [0.2, 0.25) is 11.8 Å². The first-order valence-electron chi connectivity index (χ1n) is 10.0. The van der Waals surface area contributed by atoms with Crippen LogP contribution in [0.15, 0.2) is 76.9 Å². The van der Waals surface area contributed by atoms with Crippen LogP contribution in [0.3, 0.4) is 0 Å². The molecule has 3 aromatic heterocycles. The summed E-state index contributed by atoms with van der Waals surface area (Å²) >= 11 is 5.74. The van der Waals surface area contributed by atoms with Crippen LogP contribution in [0.1, 0.15) is 11.6 Å². The Hall–Kier alpha value is -4.02. The molecule has 0 saturated heterocycles. The lowest BCUT2D eigenvalue weighted by molar-refractivity contribution is 0.149. The first-order chi connectivity index (χ1) is 16.4. The van der Waals surface area contributed by atoms with Gasteiger partial charge in [-0.3, -0.25) is 4.79 Å². The van der Waals surface area contributed by atoms with E-state index in [1.54, 1.807) is 24.3 Å². The Kier molecular flexibility index (Phi) is 6.71. The highest BCUT2D eigenvalue weighted by molar-refractivity contribution is 6.30. The second kappa shape index (κ2) is 9.86. The quantitative estimate of drug-likeness (QED) is 0.407. The van der Waals surface area contributed by atoms with Gasteiger partial charge in [-0.05, 0) is 35.9 Å². The van der Waals surface area contributed by atoms with Crippen molar-refractivity contribution >= 4 is 17.5 Å². The summed E-state index contributed by atoms with van der Waals surface area (Å²) < 4.78 is 21.0. The first kappa shape index (κ1) is 23.1. The van der Waals surface area contributed by atoms with Crippen LogP contribution in [0.2, 0.25) is 5.02 Å². The number of rotatable bonds is 6. The molecule has 0 saturated carbocycles. The number of aliphatic hydroxyl groups is 1. The lowest BCUT2D eigenvalue weighted by Gasteiger charge is -2.18. The molecule has 9 nitrogen and oxygen atoms in total. The lowest BCUT2D eigenvalue weighted by Crippen LogP contribution is -2.27. The van der Waals surface area contributed by atoms with Crippen LogP contribution in [-0.2, 0) is 0 Å². The van der Waals surface area contributed by atoms with E-state index in [1.807, 2.05) is 0 Å². The second-order valence-corrected chi connectivity index (χ2v) is 7.57. The van der Waals surface area contributed by atoms with E-state index in [2.05, 4.69) is 15.0 Å². The molecule has 1 unspecified atom stereocenters. The molecule has 11 heteroatoms. The molecule has 0 bridgehead atoms. The SMILES string of the molecule is COc1cc(=Nc2nccc(-c3ccn(C(CO)c4ccc(Cl)c(F)c4)c(=O)c3)n2)ccn1O. The summed E-state index contributed by atoms with van der Waals surface area (Å²) in [6.07, 6.45) is 4.38. The maximum Gasteiger partial charge on any atom is 0.251 e. The highest BCUT2D eigenvalue weighted by Gasteiger charge is 2.16. The largest absolute Gasteiger partial charge is 0.480 e. The first-order valence-corrected chi connectivity index (χ1v) is 10.4. The molecule has 4 rings (SSSR count). The Balaban J connectivity index is 1.67. The standard InChI is InChI=1S/C23H19ClFN5O4/c1-34-22-12-16(6-9-30(22)33)27-23-26-7-4-19(28-23)14-5-8-29(21(32)11-14)20(13-31)15-2-3-17(24)18(25)10-15/h2-12,20,31,33H,13H2,1H3. The van der Waals surface area contributed by atoms with Crippen molar-refractivity contribution in [1.29, 1.82) is 0 Å². The maximum atomic E-state index is 13.9. The summed E-state index contributed by atoms with van der Waals surface area (Å²) in [6.45, 7) is -0.411. The highest BCUT2D eigenvalue weighted by Crippen LogP contribution is 2.23. The number of methoxy groups -OCH3 is 1. The van der Waals surface area contributed by atoms with Crippen molar-refractivity contribution in [3.05, 3.63) is 99.2 Å². The molecule has 0 aliphatic carbocycles. The summed E-state index contributed by atoms with van der Waals surface area (Å²) in [5.74, 6) is -0.311. The molecule has 2 N–H and O–H groups in total. The van der Waals surface area contributed by atoms with E-state index in [9.17, 15) is 19.5 Å². The van der Waals surface area contributed by atoms with Crippen LogP contribution < -0.4 is 15.7 Å². The van der Waals surface area contributed by atoms with Gasteiger partial charge in [0.1, 0.15) is 5.82 Å². The molecule has 174 valence electrons. The number of aliphatic hydroxyl groups excluding tert-OH is 1. The van der Waals surface area contributed by atoms with E-state index < -0.39 is 24.0 Å². The maximum absolute atomic E-state index is 13.9. The number of aromatic nitrogens is 4. The van der Waals surface area contributed by atoms with E-state index in [1.165, 1.54) is 54.5 Å². The molecule has 34 heavy (non-hydrogen) atoms. The highest BCUT2D eigenvalue weighted by atomic mass is 35.5. The van der Waals surface area contributed by atoms with Gasteiger partial charge in [0.05, 0.1) is 35.8 Å². The van der Waals surface area contributed by atoms with Crippen molar-refractivity contribution in [3.8, 4) is 17.1 Å². The van der Waals surface area contributed by atoms with E-state index in [0.717, 1.165) is 4.73 Å². The van der Waals surface area contributed by atoms with Gasteiger partial charge in [-0.25, -0.2) is 19.4 Å². The van der Waals surface area contributed by atoms with Crippen molar-refractivity contribution in [1.82, 2.24) is 19.3 Å². The Labute approximate surface area is 197 Å². The number of benzene rings is 1. The van der Waals surface area contributed by atoms with Gasteiger partial charge in [0.15, 0.2) is 0 Å². The molecule has 0 aliphatic heterocycles. The zero-order valence-corrected chi connectivity index (χ0v) is 18.6. The number of ether oxygens (including phenoxy) is 1. The van der Waals surface area contributed by atoms with Crippen LogP contribution in [0, 0.1) is 5.82 Å². The van der Waals surface area contributed by atoms with E-state index in [0.29, 0.717) is 22.2 Å². The third kappa shape index (κ3) is 4.82. The normalized spacial score (nSPS) is 12.5. The van der Waals surface area contributed by atoms with Gasteiger partial charge in [-0.15, -0.1) is 0 Å². The number of halogens is 2. The minimum atomic E-state index is -0.786. The molecule has 0 radical (unpaired) electrons. The third-order valence-corrected chi connectivity index (χ3v) is 5.35.